The van der Waals surface area contributed by atoms with Crippen molar-refractivity contribution in [1.29, 1.82) is 0 Å². The highest BCUT2D eigenvalue weighted by molar-refractivity contribution is 5.74. The topological polar surface area (TPSA) is 70.6 Å². The number of hydrogen-bond acceptors (Lipinski definition) is 5. The van der Waals surface area contributed by atoms with Gasteiger partial charge in [0.25, 0.3) is 0 Å². The summed E-state index contributed by atoms with van der Waals surface area (Å²) in [5.74, 6) is 1.28. The third-order valence-corrected chi connectivity index (χ3v) is 4.96. The molecule has 7 heteroatoms. The maximum atomic E-state index is 12.5. The molecule has 1 aromatic rings. The van der Waals surface area contributed by atoms with Crippen LogP contribution in [0.3, 0.4) is 0 Å². The Bertz CT molecular complexity index is 576. The SMILES string of the molecule is C[C@H](NC(=O)N1CCO[C@H](c2ccnc(N(C)C)n2)C1)C1CCC1. The van der Waals surface area contributed by atoms with Crippen molar-refractivity contribution in [3.8, 4) is 0 Å². The fourth-order valence-corrected chi connectivity index (χ4v) is 3.11. The van der Waals surface area contributed by atoms with Crippen molar-refractivity contribution < 1.29 is 9.53 Å². The fraction of sp³-hybridized carbons (Fsp3) is 0.706. The second-order valence-electron chi connectivity index (χ2n) is 6.91. The fourth-order valence-electron chi connectivity index (χ4n) is 3.11. The molecule has 1 aliphatic carbocycles. The van der Waals surface area contributed by atoms with Crippen LogP contribution in [0.1, 0.15) is 38.0 Å². The molecule has 1 saturated carbocycles. The molecule has 0 spiro atoms. The largest absolute Gasteiger partial charge is 0.368 e. The third-order valence-electron chi connectivity index (χ3n) is 4.96. The predicted octanol–water partition coefficient (Wildman–Crippen LogP) is 1.81. The standard InChI is InChI=1S/C17H27N5O2/c1-12(13-5-4-6-13)19-17(23)22-9-10-24-15(11-22)14-7-8-18-16(20-14)21(2)3/h7-8,12-13,15H,4-6,9-11H2,1-3H3,(H,19,23)/t12-,15-/m0/s1. The van der Waals surface area contributed by atoms with Gasteiger partial charge in [-0.15, -0.1) is 0 Å². The smallest absolute Gasteiger partial charge is 0.317 e. The van der Waals surface area contributed by atoms with Crippen LogP contribution in [0.2, 0.25) is 0 Å². The van der Waals surface area contributed by atoms with E-state index in [1.165, 1.54) is 19.3 Å². The first-order valence-corrected chi connectivity index (χ1v) is 8.72. The lowest BCUT2D eigenvalue weighted by Gasteiger charge is -2.36. The highest BCUT2D eigenvalue weighted by atomic mass is 16.5. The number of anilines is 1. The van der Waals surface area contributed by atoms with Crippen molar-refractivity contribution >= 4 is 12.0 Å². The van der Waals surface area contributed by atoms with E-state index in [0.29, 0.717) is 31.6 Å². The molecule has 3 rings (SSSR count). The zero-order valence-corrected chi connectivity index (χ0v) is 14.7. The summed E-state index contributed by atoms with van der Waals surface area (Å²) in [6.45, 7) is 3.77. The zero-order chi connectivity index (χ0) is 17.1. The summed E-state index contributed by atoms with van der Waals surface area (Å²) in [7, 11) is 3.81. The second kappa shape index (κ2) is 7.34. The van der Waals surface area contributed by atoms with Crippen LogP contribution in [0.5, 0.6) is 0 Å². The van der Waals surface area contributed by atoms with Crippen molar-refractivity contribution in [2.45, 2.75) is 38.3 Å². The van der Waals surface area contributed by atoms with Crippen molar-refractivity contribution in [2.75, 3.05) is 38.7 Å². The number of nitrogens with zero attached hydrogens (tertiary/aromatic N) is 4. The molecular formula is C17H27N5O2. The molecule has 132 valence electrons. The first kappa shape index (κ1) is 17.0. The summed E-state index contributed by atoms with van der Waals surface area (Å²) in [6.07, 6.45) is 5.26. The molecule has 2 heterocycles. The zero-order valence-electron chi connectivity index (χ0n) is 14.7. The minimum absolute atomic E-state index is 0.00425. The van der Waals surface area contributed by atoms with Gasteiger partial charge >= 0.3 is 6.03 Å². The van der Waals surface area contributed by atoms with Crippen molar-refractivity contribution in [3.63, 3.8) is 0 Å². The van der Waals surface area contributed by atoms with E-state index in [-0.39, 0.29) is 18.2 Å². The molecule has 1 aliphatic heterocycles. The third kappa shape index (κ3) is 3.77. The van der Waals surface area contributed by atoms with E-state index in [9.17, 15) is 4.79 Å². The number of morpholine rings is 1. The average molecular weight is 333 g/mol. The molecule has 24 heavy (non-hydrogen) atoms. The Kier molecular flexibility index (Phi) is 5.18. The lowest BCUT2D eigenvalue weighted by molar-refractivity contribution is -0.0183. The van der Waals surface area contributed by atoms with E-state index < -0.39 is 0 Å². The number of nitrogens with one attached hydrogen (secondary N) is 1. The molecule has 2 aliphatic rings. The lowest BCUT2D eigenvalue weighted by Crippen LogP contribution is -2.51. The van der Waals surface area contributed by atoms with Crippen LogP contribution in [0.25, 0.3) is 0 Å². The minimum Gasteiger partial charge on any atom is -0.368 e. The van der Waals surface area contributed by atoms with Crippen LogP contribution in [0, 0.1) is 5.92 Å². The van der Waals surface area contributed by atoms with Gasteiger partial charge in [-0.05, 0) is 31.7 Å². The molecule has 1 aromatic heterocycles. The van der Waals surface area contributed by atoms with Crippen LogP contribution in [-0.2, 0) is 4.74 Å². The van der Waals surface area contributed by atoms with E-state index in [0.717, 1.165) is 5.69 Å². The maximum Gasteiger partial charge on any atom is 0.317 e. The molecule has 0 bridgehead atoms. The molecular weight excluding hydrogens is 306 g/mol. The summed E-state index contributed by atoms with van der Waals surface area (Å²) in [5.41, 5.74) is 0.818. The number of amides is 2. The van der Waals surface area contributed by atoms with E-state index in [2.05, 4.69) is 22.2 Å². The van der Waals surface area contributed by atoms with Crippen molar-refractivity contribution in [3.05, 3.63) is 18.0 Å². The van der Waals surface area contributed by atoms with E-state index >= 15 is 0 Å². The Balaban J connectivity index is 1.61. The normalized spacial score (nSPS) is 22.6. The van der Waals surface area contributed by atoms with Crippen LogP contribution in [-0.4, -0.2) is 60.7 Å². The highest BCUT2D eigenvalue weighted by Crippen LogP contribution is 2.29. The number of aromatic nitrogens is 2. The van der Waals surface area contributed by atoms with E-state index in [1.54, 1.807) is 6.20 Å². The molecule has 7 nitrogen and oxygen atoms in total. The van der Waals surface area contributed by atoms with Crippen LogP contribution in [0.15, 0.2) is 12.3 Å². The minimum atomic E-state index is -0.204. The van der Waals surface area contributed by atoms with Gasteiger partial charge in [0, 0.05) is 32.9 Å². The Morgan fingerprint density at radius 1 is 1.46 bits per heavy atom. The summed E-state index contributed by atoms with van der Waals surface area (Å²) in [4.78, 5) is 25.0. The molecule has 1 saturated heterocycles. The summed E-state index contributed by atoms with van der Waals surface area (Å²) >= 11 is 0. The first-order valence-electron chi connectivity index (χ1n) is 8.72. The number of hydrogen-bond donors (Lipinski definition) is 1. The van der Waals surface area contributed by atoms with Gasteiger partial charge in [-0.1, -0.05) is 6.42 Å². The van der Waals surface area contributed by atoms with E-state index in [4.69, 9.17) is 4.74 Å². The van der Waals surface area contributed by atoms with Gasteiger partial charge in [0.15, 0.2) is 0 Å². The monoisotopic (exact) mass is 333 g/mol. The molecule has 2 atom stereocenters. The molecule has 2 fully saturated rings. The van der Waals surface area contributed by atoms with Crippen molar-refractivity contribution in [2.24, 2.45) is 5.92 Å². The van der Waals surface area contributed by atoms with Gasteiger partial charge < -0.3 is 19.9 Å². The average Bonchev–Trinajstić information content (AvgIpc) is 2.53. The number of ether oxygens (including phenoxy) is 1. The highest BCUT2D eigenvalue weighted by Gasteiger charge is 2.30. The maximum absolute atomic E-state index is 12.5. The van der Waals surface area contributed by atoms with Crippen LogP contribution >= 0.6 is 0 Å². The van der Waals surface area contributed by atoms with Crippen LogP contribution < -0.4 is 10.2 Å². The van der Waals surface area contributed by atoms with Crippen LogP contribution in [0.4, 0.5) is 10.7 Å². The van der Waals surface area contributed by atoms with Gasteiger partial charge in [-0.25, -0.2) is 14.8 Å². The molecule has 2 amide bonds. The Labute approximate surface area is 143 Å². The van der Waals surface area contributed by atoms with Gasteiger partial charge in [0.05, 0.1) is 18.8 Å². The summed E-state index contributed by atoms with van der Waals surface area (Å²) in [6, 6.07) is 2.10. The number of carbonyl (C=O) groups is 1. The lowest BCUT2D eigenvalue weighted by atomic mass is 9.80. The number of urea groups is 1. The van der Waals surface area contributed by atoms with E-state index in [1.807, 2.05) is 30.0 Å². The first-order chi connectivity index (χ1) is 11.5. The Morgan fingerprint density at radius 2 is 2.25 bits per heavy atom. The van der Waals surface area contributed by atoms with Gasteiger partial charge in [0.1, 0.15) is 6.10 Å². The number of rotatable bonds is 4. The second-order valence-corrected chi connectivity index (χ2v) is 6.91. The molecule has 1 N–H and O–H groups in total. The van der Waals surface area contributed by atoms with Gasteiger partial charge in [-0.2, -0.15) is 0 Å². The predicted molar refractivity (Wildman–Crippen MR) is 92.0 cm³/mol. The summed E-state index contributed by atoms with van der Waals surface area (Å²) in [5, 5.41) is 3.14. The van der Waals surface area contributed by atoms with Gasteiger partial charge in [0.2, 0.25) is 5.95 Å². The molecule has 0 radical (unpaired) electrons. The molecule has 0 unspecified atom stereocenters. The van der Waals surface area contributed by atoms with Crippen molar-refractivity contribution in [1.82, 2.24) is 20.2 Å². The van der Waals surface area contributed by atoms with Gasteiger partial charge in [-0.3, -0.25) is 0 Å². The Hall–Kier alpha value is -1.89. The molecule has 0 aromatic carbocycles. The summed E-state index contributed by atoms with van der Waals surface area (Å²) < 4.78 is 5.83. The number of carbonyl (C=O) groups excluding carboxylic acids is 1. The Morgan fingerprint density at radius 3 is 2.92 bits per heavy atom. The quantitative estimate of drug-likeness (QED) is 0.910.